The van der Waals surface area contributed by atoms with Crippen molar-refractivity contribution in [1.29, 1.82) is 0 Å². The molecule has 0 bridgehead atoms. The van der Waals surface area contributed by atoms with Crippen LogP contribution in [0.25, 0.3) is 0 Å². The number of carboxylic acid groups (broad SMARTS) is 2. The van der Waals surface area contributed by atoms with Crippen LogP contribution in [0.2, 0.25) is 0 Å². The van der Waals surface area contributed by atoms with E-state index in [4.69, 9.17) is 4.74 Å². The molecular formula is C53H93N7O13. The molecule has 20 heteroatoms. The van der Waals surface area contributed by atoms with Crippen LogP contribution in [-0.2, 0) is 52.7 Å². The Morgan fingerprint density at radius 2 is 0.918 bits per heavy atom. The van der Waals surface area contributed by atoms with Crippen molar-refractivity contribution in [2.45, 2.75) is 241 Å². The van der Waals surface area contributed by atoms with E-state index in [2.05, 4.69) is 51.1 Å². The molecule has 9 N–H and O–H groups in total. The van der Waals surface area contributed by atoms with Gasteiger partial charge in [-0.05, 0) is 74.0 Å². The zero-order valence-corrected chi connectivity index (χ0v) is 46.0. The molecule has 20 nitrogen and oxygen atoms in total. The van der Waals surface area contributed by atoms with Gasteiger partial charge in [0, 0.05) is 6.42 Å². The lowest BCUT2D eigenvalue weighted by atomic mass is 9.97. The first-order chi connectivity index (χ1) is 34.1. The summed E-state index contributed by atoms with van der Waals surface area (Å²) >= 11 is 0. The molecule has 1 rings (SSSR count). The maximum atomic E-state index is 14.3. The predicted octanol–water partition coefficient (Wildman–Crippen LogP) is 5.04. The number of nitrogens with one attached hydrogen (secondary N) is 7. The molecule has 0 radical (unpaired) electrons. The van der Waals surface area contributed by atoms with Crippen molar-refractivity contribution >= 4 is 59.3 Å². The third kappa shape index (κ3) is 27.0. The minimum absolute atomic E-state index is 0.0381. The smallest absolute Gasteiger partial charge is 0.329 e. The van der Waals surface area contributed by atoms with Crippen LogP contribution in [-0.4, -0.2) is 118 Å². The van der Waals surface area contributed by atoms with E-state index in [1.165, 1.54) is 0 Å². The van der Waals surface area contributed by atoms with E-state index in [1.807, 2.05) is 0 Å². The Hall–Kier alpha value is -5.30. The Kier molecular flexibility index (Phi) is 30.8. The molecule has 0 saturated carbocycles. The maximum absolute atomic E-state index is 14.3. The van der Waals surface area contributed by atoms with Crippen molar-refractivity contribution in [2.75, 3.05) is 0 Å². The van der Waals surface area contributed by atoms with E-state index in [-0.39, 0.29) is 49.9 Å². The van der Waals surface area contributed by atoms with E-state index in [1.54, 1.807) is 69.2 Å². The number of amides is 7. The zero-order valence-electron chi connectivity index (χ0n) is 46.0. The number of rotatable bonds is 24. The highest BCUT2D eigenvalue weighted by molar-refractivity contribution is 5.98. The van der Waals surface area contributed by atoms with Gasteiger partial charge in [0.2, 0.25) is 41.4 Å². The highest BCUT2D eigenvalue weighted by atomic mass is 16.5. The highest BCUT2D eigenvalue weighted by Crippen LogP contribution is 2.20. The number of esters is 1. The average molecular weight is 1040 g/mol. The first kappa shape index (κ1) is 65.7. The summed E-state index contributed by atoms with van der Waals surface area (Å²) in [5, 5.41) is 37.9. The summed E-state index contributed by atoms with van der Waals surface area (Å²) in [6.45, 7) is 21.9. The van der Waals surface area contributed by atoms with E-state index in [9.17, 15) is 58.2 Å². The van der Waals surface area contributed by atoms with Gasteiger partial charge in [0.25, 0.3) is 0 Å². The summed E-state index contributed by atoms with van der Waals surface area (Å²) in [5.74, 6) is -10.5. The summed E-state index contributed by atoms with van der Waals surface area (Å²) in [7, 11) is 0. The Morgan fingerprint density at radius 1 is 0.493 bits per heavy atom. The molecule has 1 heterocycles. The quantitative estimate of drug-likeness (QED) is 0.0453. The summed E-state index contributed by atoms with van der Waals surface area (Å²) in [6.07, 6.45) is 5.31. The standard InChI is InChI=1S/C53H93N7O13/c1-13-35(12)46-53(72)73-36(22-20-18-16-14-15-17-19-21-30(2)3)28-42(61)54-37(23-24-43(62)63)47(66)55-38(25-31(4)5)48(67)56-39(26-32(6)7)50(69)59-45(34(10)11)52(71)58-41(29-44(64)65)49(68)57-40(27-33(8)9)51(70)60-46/h30-41,45-46H,13-29H2,1-12H3,(H,54,61)(H,55,66)(H,56,67)(H,57,68)(H,58,71)(H,59,69)(H,60,70)(H,62,63)(H,64,65)/t35-,36-,37-,38-,39+,40+,41-,45-,46-/m0/s1. The first-order valence-electron chi connectivity index (χ1n) is 26.9. The van der Waals surface area contributed by atoms with E-state index < -0.39 is 139 Å². The van der Waals surface area contributed by atoms with Crippen molar-refractivity contribution in [3.63, 3.8) is 0 Å². The Labute approximate surface area is 434 Å². The largest absolute Gasteiger partial charge is 0.481 e. The molecule has 418 valence electrons. The number of cyclic esters (lactones) is 1. The van der Waals surface area contributed by atoms with Crippen LogP contribution >= 0.6 is 0 Å². The number of carbonyl (C=O) groups is 10. The first-order valence-corrected chi connectivity index (χ1v) is 26.9. The van der Waals surface area contributed by atoms with Gasteiger partial charge in [0.1, 0.15) is 48.4 Å². The van der Waals surface area contributed by atoms with Crippen molar-refractivity contribution in [3.05, 3.63) is 0 Å². The van der Waals surface area contributed by atoms with Gasteiger partial charge in [-0.15, -0.1) is 0 Å². The van der Waals surface area contributed by atoms with Crippen LogP contribution in [0, 0.1) is 35.5 Å². The Morgan fingerprint density at radius 3 is 1.36 bits per heavy atom. The summed E-state index contributed by atoms with van der Waals surface area (Å²) in [4.78, 5) is 137. The van der Waals surface area contributed by atoms with Gasteiger partial charge >= 0.3 is 17.9 Å². The van der Waals surface area contributed by atoms with Gasteiger partial charge < -0.3 is 52.2 Å². The fourth-order valence-corrected chi connectivity index (χ4v) is 8.53. The van der Waals surface area contributed by atoms with Gasteiger partial charge in [0.15, 0.2) is 0 Å². The minimum Gasteiger partial charge on any atom is -0.481 e. The lowest BCUT2D eigenvalue weighted by Crippen LogP contribution is -2.61. The third-order valence-corrected chi connectivity index (χ3v) is 12.8. The van der Waals surface area contributed by atoms with Gasteiger partial charge in [-0.3, -0.25) is 43.2 Å². The molecule has 73 heavy (non-hydrogen) atoms. The van der Waals surface area contributed by atoms with Crippen molar-refractivity contribution in [1.82, 2.24) is 37.2 Å². The molecule has 9 atom stereocenters. The molecular weight excluding hydrogens is 943 g/mol. The number of ether oxygens (including phenoxy) is 1. The molecule has 0 aliphatic carbocycles. The van der Waals surface area contributed by atoms with Gasteiger partial charge in [-0.2, -0.15) is 0 Å². The number of aliphatic carboxylic acids is 2. The summed E-state index contributed by atoms with van der Waals surface area (Å²) in [6, 6.07) is -9.66. The zero-order chi connectivity index (χ0) is 55.5. The van der Waals surface area contributed by atoms with Crippen LogP contribution < -0.4 is 37.2 Å². The molecule has 0 aromatic heterocycles. The SMILES string of the molecule is CC[C@H](C)[C@@H]1NC(=O)[C@@H](CC(C)C)NC(=O)[C@H](CC(=O)O)NC(=O)[C@H](C(C)C)NC(=O)[C@@H](CC(C)C)NC(=O)[C@H](CC(C)C)NC(=O)[C@H](CCC(=O)O)NC(=O)C[C@H](CCCCCCCCCC(C)C)OC1=O. The molecule has 1 aliphatic heterocycles. The molecule has 0 unspecified atom stereocenters. The van der Waals surface area contributed by atoms with E-state index in [0.717, 1.165) is 44.9 Å². The van der Waals surface area contributed by atoms with Crippen LogP contribution in [0.3, 0.4) is 0 Å². The molecule has 0 aromatic rings. The van der Waals surface area contributed by atoms with Gasteiger partial charge in [0.05, 0.1) is 12.8 Å². The molecule has 0 spiro atoms. The highest BCUT2D eigenvalue weighted by Gasteiger charge is 2.38. The van der Waals surface area contributed by atoms with Gasteiger partial charge in [-0.1, -0.05) is 134 Å². The number of carboxylic acids is 2. The molecule has 7 amide bonds. The fraction of sp³-hybridized carbons (Fsp3) is 0.811. The van der Waals surface area contributed by atoms with Crippen LogP contribution in [0.4, 0.5) is 0 Å². The second-order valence-electron chi connectivity index (χ2n) is 22.1. The number of hydrogen-bond donors (Lipinski definition) is 9. The monoisotopic (exact) mass is 1040 g/mol. The van der Waals surface area contributed by atoms with Crippen molar-refractivity contribution < 1.29 is 62.9 Å². The summed E-state index contributed by atoms with van der Waals surface area (Å²) < 4.78 is 6.06. The fourth-order valence-electron chi connectivity index (χ4n) is 8.53. The van der Waals surface area contributed by atoms with Crippen LogP contribution in [0.1, 0.15) is 192 Å². The molecule has 1 aliphatic rings. The van der Waals surface area contributed by atoms with Crippen molar-refractivity contribution in [2.24, 2.45) is 35.5 Å². The topological polar surface area (TPSA) is 305 Å². The number of hydrogen-bond acceptors (Lipinski definition) is 11. The lowest BCUT2D eigenvalue weighted by Gasteiger charge is -2.30. The Balaban J connectivity index is 3.96. The van der Waals surface area contributed by atoms with Gasteiger partial charge in [-0.25, -0.2) is 4.79 Å². The minimum atomic E-state index is -1.72. The van der Waals surface area contributed by atoms with Crippen LogP contribution in [0.5, 0.6) is 0 Å². The number of carbonyl (C=O) groups excluding carboxylic acids is 8. The second kappa shape index (κ2) is 34.2. The molecule has 0 aromatic carbocycles. The molecule has 1 saturated heterocycles. The molecule has 1 fully saturated rings. The number of unbranched alkanes of at least 4 members (excludes halogenated alkanes) is 6. The third-order valence-electron chi connectivity index (χ3n) is 12.8. The second-order valence-corrected chi connectivity index (χ2v) is 22.1. The Bertz CT molecular complexity index is 1810. The average Bonchev–Trinajstić information content (AvgIpc) is 3.27. The predicted molar refractivity (Wildman–Crippen MR) is 276 cm³/mol. The maximum Gasteiger partial charge on any atom is 0.329 e. The lowest BCUT2D eigenvalue weighted by molar-refractivity contribution is -0.156. The van der Waals surface area contributed by atoms with Crippen LogP contribution in [0.15, 0.2) is 0 Å². The van der Waals surface area contributed by atoms with E-state index in [0.29, 0.717) is 18.8 Å². The van der Waals surface area contributed by atoms with E-state index >= 15 is 0 Å². The van der Waals surface area contributed by atoms with Crippen molar-refractivity contribution in [3.8, 4) is 0 Å². The summed E-state index contributed by atoms with van der Waals surface area (Å²) in [5.41, 5.74) is 0. The normalized spacial score (nSPS) is 24.4.